The molecule has 0 heterocycles. The summed E-state index contributed by atoms with van der Waals surface area (Å²) in [5.41, 5.74) is -1.58. The quantitative estimate of drug-likeness (QED) is 0.0712. The van der Waals surface area contributed by atoms with Crippen molar-refractivity contribution in [3.8, 4) is 16.9 Å². The molecule has 258 valence electrons. The fourth-order valence-electron chi connectivity index (χ4n) is 6.94. The summed E-state index contributed by atoms with van der Waals surface area (Å²) >= 11 is 0. The fraction of sp³-hybridized carbons (Fsp3) is 0.200. The van der Waals surface area contributed by atoms with Gasteiger partial charge in [0.05, 0.1) is 8.07 Å². The van der Waals surface area contributed by atoms with Gasteiger partial charge >= 0.3 is 15.6 Å². The van der Waals surface area contributed by atoms with Gasteiger partial charge in [0.1, 0.15) is 0 Å². The van der Waals surface area contributed by atoms with Crippen LogP contribution in [0.15, 0.2) is 103 Å². The van der Waals surface area contributed by atoms with Gasteiger partial charge in [0, 0.05) is 27.0 Å². The number of hydrogen-bond acceptors (Lipinski definition) is 4. The molecule has 6 aromatic carbocycles. The summed E-state index contributed by atoms with van der Waals surface area (Å²) in [6.07, 6.45) is 0. The smallest absolute Gasteiger partial charge is 0.375 e. The predicted octanol–water partition coefficient (Wildman–Crippen LogP) is 9.31. The second-order valence-corrected chi connectivity index (χ2v) is 23.4. The van der Waals surface area contributed by atoms with E-state index in [2.05, 4.69) is 0 Å². The molecule has 10 heteroatoms. The average molecular weight is 731 g/mol. The van der Waals surface area contributed by atoms with E-state index in [9.17, 15) is 21.6 Å². The van der Waals surface area contributed by atoms with Crippen LogP contribution in [0, 0.1) is 27.7 Å². The molecule has 0 aliphatic heterocycles. The van der Waals surface area contributed by atoms with Gasteiger partial charge in [-0.3, -0.25) is 0 Å². The molecule has 6 rings (SSSR count). The van der Waals surface area contributed by atoms with Gasteiger partial charge in [0.2, 0.25) is 0 Å². The maximum absolute atomic E-state index is 16.5. The molecule has 0 saturated heterocycles. The van der Waals surface area contributed by atoms with E-state index in [1.807, 2.05) is 120 Å². The number of fused-ring (bicyclic) bond motifs is 2. The lowest BCUT2D eigenvalue weighted by molar-refractivity contribution is -0.0499. The highest BCUT2D eigenvalue weighted by Crippen LogP contribution is 2.50. The minimum absolute atomic E-state index is 0.135. The van der Waals surface area contributed by atoms with Gasteiger partial charge in [0.25, 0.3) is 0 Å². The Morgan fingerprint density at radius 1 is 0.620 bits per heavy atom. The maximum Gasteiger partial charge on any atom is 0.534 e. The van der Waals surface area contributed by atoms with Gasteiger partial charge in [-0.2, -0.15) is 21.6 Å². The Labute approximate surface area is 292 Å². The Morgan fingerprint density at radius 2 is 1.10 bits per heavy atom. The highest BCUT2D eigenvalue weighted by Gasteiger charge is 2.49. The average Bonchev–Trinajstić information content (AvgIpc) is 3.01. The monoisotopic (exact) mass is 730 g/mol. The molecule has 0 saturated carbocycles. The molecule has 50 heavy (non-hydrogen) atoms. The summed E-state index contributed by atoms with van der Waals surface area (Å²) in [5, 5.41) is 4.83. The van der Waals surface area contributed by atoms with Crippen molar-refractivity contribution in [3.05, 3.63) is 125 Å². The van der Waals surface area contributed by atoms with Crippen LogP contribution in [0.3, 0.4) is 0 Å². The van der Waals surface area contributed by atoms with Crippen molar-refractivity contribution < 1.29 is 30.3 Å². The van der Waals surface area contributed by atoms with Crippen molar-refractivity contribution in [1.82, 2.24) is 0 Å². The summed E-state index contributed by atoms with van der Waals surface area (Å²) in [4.78, 5) is 0. The predicted molar refractivity (Wildman–Crippen MR) is 204 cm³/mol. The van der Waals surface area contributed by atoms with Gasteiger partial charge in [-0.1, -0.05) is 109 Å². The Morgan fingerprint density at radius 3 is 1.60 bits per heavy atom. The molecule has 0 bridgehead atoms. The zero-order valence-corrected chi connectivity index (χ0v) is 31.6. The van der Waals surface area contributed by atoms with Crippen LogP contribution < -0.4 is 25.3 Å². The first-order valence-electron chi connectivity index (χ1n) is 16.2. The van der Waals surface area contributed by atoms with Crippen molar-refractivity contribution in [2.24, 2.45) is 0 Å². The summed E-state index contributed by atoms with van der Waals surface area (Å²) in [6.45, 7) is 13.8. The molecule has 0 fully saturated rings. The maximum atomic E-state index is 16.5. The molecule has 4 nitrogen and oxygen atoms in total. The lowest BCUT2D eigenvalue weighted by Gasteiger charge is -2.28. The normalized spacial score (nSPS) is 12.8. The molecule has 0 aliphatic rings. The van der Waals surface area contributed by atoms with Crippen LogP contribution in [-0.4, -0.2) is 22.0 Å². The molecule has 0 unspecified atom stereocenters. The number of alkyl halides is 3. The van der Waals surface area contributed by atoms with E-state index in [-0.39, 0.29) is 5.56 Å². The van der Waals surface area contributed by atoms with Crippen molar-refractivity contribution >= 4 is 68.0 Å². The molecular weight excluding hydrogens is 693 g/mol. The van der Waals surface area contributed by atoms with Crippen LogP contribution in [0.4, 0.5) is 13.2 Å². The van der Waals surface area contributed by atoms with Crippen LogP contribution in [0.1, 0.15) is 22.3 Å². The van der Waals surface area contributed by atoms with Gasteiger partial charge in [-0.25, -0.2) is 0 Å². The number of hydrogen-bond donors (Lipinski definition) is 0. The molecule has 0 N–H and O–H groups in total. The summed E-state index contributed by atoms with van der Waals surface area (Å²) in [5.74, 6) is -0.455. The van der Waals surface area contributed by atoms with Crippen LogP contribution >= 0.6 is 7.14 Å². The SMILES string of the molecule is Cc1cc(C)cc(P(=O)(c2cc(C)cc(C)c2)c2ccc3ccccc3c2-c2c(OS(=O)(=O)C(F)(F)F)cc([Si](C)(C)C)c3ccccc23)c1. The van der Waals surface area contributed by atoms with E-state index in [1.165, 1.54) is 6.07 Å². The lowest BCUT2D eigenvalue weighted by atomic mass is 9.93. The Bertz CT molecular complexity index is 2390. The minimum Gasteiger partial charge on any atom is -0.375 e. The number of aryl methyl sites for hydroxylation is 4. The second kappa shape index (κ2) is 12.6. The molecular formula is C40H38F3O4PSSi. The summed E-state index contributed by atoms with van der Waals surface area (Å²) in [7, 11) is -12.2. The highest BCUT2D eigenvalue weighted by molar-refractivity contribution is 7.88. The lowest BCUT2D eigenvalue weighted by Crippen LogP contribution is -2.38. The summed E-state index contributed by atoms with van der Waals surface area (Å²) < 4.78 is 89.5. The van der Waals surface area contributed by atoms with E-state index in [4.69, 9.17) is 4.18 Å². The molecule has 0 spiro atoms. The standard InChI is InChI=1S/C40H38F3O4PSSi/c1-25-18-26(2)21-30(20-25)48(44,31-22-27(3)19-28(4)23-31)36-17-16-29-12-8-9-13-32(29)39(36)38-34-15-11-10-14-33(34)37(50(5,6)7)24-35(38)47-49(45,46)40(41,42)43/h8-24H,1-7H3. The first kappa shape index (κ1) is 35.6. The van der Waals surface area contributed by atoms with E-state index in [0.29, 0.717) is 32.2 Å². The second-order valence-electron chi connectivity index (χ2n) is 14.1. The molecule has 0 atom stereocenters. The van der Waals surface area contributed by atoms with E-state index >= 15 is 4.57 Å². The third kappa shape index (κ3) is 6.31. The minimum atomic E-state index is -6.09. The van der Waals surface area contributed by atoms with Crippen LogP contribution in [0.2, 0.25) is 19.6 Å². The van der Waals surface area contributed by atoms with Gasteiger partial charge in [-0.05, 0) is 90.8 Å². The summed E-state index contributed by atoms with van der Waals surface area (Å²) in [6, 6.07) is 31.3. The number of halogens is 3. The van der Waals surface area contributed by atoms with Gasteiger partial charge in [-0.15, -0.1) is 0 Å². The third-order valence-corrected chi connectivity index (χ3v) is 15.0. The first-order valence-corrected chi connectivity index (χ1v) is 22.8. The van der Waals surface area contributed by atoms with Crippen molar-refractivity contribution in [1.29, 1.82) is 0 Å². The van der Waals surface area contributed by atoms with E-state index in [0.717, 1.165) is 38.2 Å². The number of rotatable bonds is 7. The van der Waals surface area contributed by atoms with Crippen LogP contribution in [0.25, 0.3) is 32.7 Å². The van der Waals surface area contributed by atoms with Crippen molar-refractivity contribution in [2.75, 3.05) is 0 Å². The first-order chi connectivity index (χ1) is 23.3. The zero-order chi connectivity index (χ0) is 36.4. The fourth-order valence-corrected chi connectivity index (χ4v) is 12.2. The van der Waals surface area contributed by atoms with E-state index in [1.54, 1.807) is 24.3 Å². The van der Waals surface area contributed by atoms with Crippen LogP contribution in [0.5, 0.6) is 5.75 Å². The van der Waals surface area contributed by atoms with Crippen molar-refractivity contribution in [3.63, 3.8) is 0 Å². The third-order valence-electron chi connectivity index (χ3n) is 8.94. The highest BCUT2D eigenvalue weighted by atomic mass is 32.2. The largest absolute Gasteiger partial charge is 0.534 e. The van der Waals surface area contributed by atoms with Crippen LogP contribution in [-0.2, 0) is 14.7 Å². The topological polar surface area (TPSA) is 60.4 Å². The number of benzene rings is 6. The Hall–Kier alpha value is -4.17. The van der Waals surface area contributed by atoms with Gasteiger partial charge < -0.3 is 8.75 Å². The van der Waals surface area contributed by atoms with Crippen molar-refractivity contribution in [2.45, 2.75) is 52.8 Å². The Kier molecular flexibility index (Phi) is 8.95. The molecule has 0 radical (unpaired) electrons. The van der Waals surface area contributed by atoms with E-state index < -0.39 is 36.6 Å². The molecule has 0 aliphatic carbocycles. The zero-order valence-electron chi connectivity index (χ0n) is 28.9. The molecule has 6 aromatic rings. The van der Waals surface area contributed by atoms with Gasteiger partial charge in [0.15, 0.2) is 12.9 Å². The molecule has 0 amide bonds. The Balaban J connectivity index is 1.88. The molecule has 0 aromatic heterocycles.